The third kappa shape index (κ3) is 2.60. The lowest BCUT2D eigenvalue weighted by Crippen LogP contribution is -2.52. The average molecular weight is 241 g/mol. The largest absolute Gasteiger partial charge is 0.480 e. The Morgan fingerprint density at radius 2 is 1.94 bits per heavy atom. The fraction of sp³-hybridized carbons (Fsp3) is 0.833. The molecular formula is C12H19NO4. The topological polar surface area (TPSA) is 66.8 Å². The van der Waals surface area contributed by atoms with E-state index in [0.29, 0.717) is 6.42 Å². The summed E-state index contributed by atoms with van der Waals surface area (Å²) >= 11 is 0. The van der Waals surface area contributed by atoms with Crippen molar-refractivity contribution in [2.75, 3.05) is 0 Å². The van der Waals surface area contributed by atoms with E-state index in [1.165, 1.54) is 11.8 Å². The molecule has 5 heteroatoms. The molecular weight excluding hydrogens is 222 g/mol. The lowest BCUT2D eigenvalue weighted by atomic mass is 10.1. The minimum Gasteiger partial charge on any atom is -0.480 e. The zero-order chi connectivity index (χ0) is 12.6. The minimum absolute atomic E-state index is 0.0925. The summed E-state index contributed by atoms with van der Waals surface area (Å²) in [4.78, 5) is 24.5. The van der Waals surface area contributed by atoms with Crippen molar-refractivity contribution in [2.45, 2.75) is 63.8 Å². The molecule has 1 heterocycles. The Morgan fingerprint density at radius 3 is 2.29 bits per heavy atom. The number of nitrogens with zero attached hydrogens (tertiary/aromatic N) is 1. The molecule has 1 aliphatic heterocycles. The van der Waals surface area contributed by atoms with Gasteiger partial charge in [-0.3, -0.25) is 4.79 Å². The first kappa shape index (κ1) is 12.4. The molecule has 3 atom stereocenters. The monoisotopic (exact) mass is 241 g/mol. The van der Waals surface area contributed by atoms with Crippen LogP contribution in [0.15, 0.2) is 0 Å². The van der Waals surface area contributed by atoms with Crippen LogP contribution in [0.4, 0.5) is 0 Å². The number of carbonyl (C=O) groups is 2. The summed E-state index contributed by atoms with van der Waals surface area (Å²) in [5, 5.41) is 9.34. The fourth-order valence-electron chi connectivity index (χ4n) is 2.56. The summed E-state index contributed by atoms with van der Waals surface area (Å²) in [7, 11) is 0. The Balaban J connectivity index is 2.15. The van der Waals surface area contributed by atoms with Gasteiger partial charge in [0, 0.05) is 13.0 Å². The van der Waals surface area contributed by atoms with E-state index < -0.39 is 12.0 Å². The van der Waals surface area contributed by atoms with Crippen LogP contribution in [0.1, 0.15) is 39.5 Å². The van der Waals surface area contributed by atoms with Gasteiger partial charge in [0.1, 0.15) is 0 Å². The van der Waals surface area contributed by atoms with Gasteiger partial charge in [0.2, 0.25) is 5.91 Å². The van der Waals surface area contributed by atoms with Crippen molar-refractivity contribution in [3.8, 4) is 0 Å². The zero-order valence-electron chi connectivity index (χ0n) is 10.3. The number of carboxylic acids is 1. The van der Waals surface area contributed by atoms with Crippen molar-refractivity contribution in [1.82, 2.24) is 4.90 Å². The number of rotatable bonds is 4. The number of amides is 1. The van der Waals surface area contributed by atoms with E-state index in [9.17, 15) is 14.7 Å². The molecule has 0 aromatic heterocycles. The van der Waals surface area contributed by atoms with Crippen LogP contribution < -0.4 is 0 Å². The molecule has 0 spiro atoms. The molecule has 1 saturated carbocycles. The van der Waals surface area contributed by atoms with Crippen molar-refractivity contribution in [2.24, 2.45) is 0 Å². The molecule has 0 bridgehead atoms. The van der Waals surface area contributed by atoms with E-state index in [2.05, 4.69) is 0 Å². The van der Waals surface area contributed by atoms with Gasteiger partial charge in [0.25, 0.3) is 0 Å². The molecule has 1 aliphatic carbocycles. The number of carbonyl (C=O) groups excluding carboxylic acids is 1. The second-order valence-corrected chi connectivity index (χ2v) is 5.00. The molecule has 0 aromatic carbocycles. The van der Waals surface area contributed by atoms with E-state index in [0.717, 1.165) is 19.3 Å². The van der Waals surface area contributed by atoms with Gasteiger partial charge >= 0.3 is 5.97 Å². The molecule has 2 aliphatic rings. The van der Waals surface area contributed by atoms with Gasteiger partial charge in [-0.25, -0.2) is 4.79 Å². The molecule has 0 aromatic rings. The molecule has 1 amide bonds. The predicted octanol–water partition coefficient (Wildman–Crippen LogP) is 1.02. The molecule has 1 N–H and O–H groups in total. The first-order valence-corrected chi connectivity index (χ1v) is 6.18. The van der Waals surface area contributed by atoms with Crippen molar-refractivity contribution in [3.63, 3.8) is 0 Å². The normalized spacial score (nSPS) is 30.0. The Morgan fingerprint density at radius 1 is 1.29 bits per heavy atom. The van der Waals surface area contributed by atoms with Crippen LogP contribution in [0.2, 0.25) is 0 Å². The summed E-state index contributed by atoms with van der Waals surface area (Å²) < 4.78 is 5.62. The van der Waals surface area contributed by atoms with Crippen LogP contribution in [-0.2, 0) is 14.3 Å². The quantitative estimate of drug-likeness (QED) is 0.798. The number of carboxylic acid groups (broad SMARTS) is 1. The SMILES string of the molecule is CC(=O)N(C1CC1)C(C(=O)O)C1CCC(C)O1. The summed E-state index contributed by atoms with van der Waals surface area (Å²) in [6.45, 7) is 3.38. The summed E-state index contributed by atoms with van der Waals surface area (Å²) in [6, 6.07) is -0.710. The van der Waals surface area contributed by atoms with Gasteiger partial charge in [-0.1, -0.05) is 0 Å². The van der Waals surface area contributed by atoms with E-state index in [1.54, 1.807) is 0 Å². The molecule has 5 nitrogen and oxygen atoms in total. The zero-order valence-corrected chi connectivity index (χ0v) is 10.3. The van der Waals surface area contributed by atoms with Crippen LogP contribution >= 0.6 is 0 Å². The maximum atomic E-state index is 11.6. The highest BCUT2D eigenvalue weighted by atomic mass is 16.5. The highest BCUT2D eigenvalue weighted by Crippen LogP contribution is 2.33. The highest BCUT2D eigenvalue weighted by Gasteiger charge is 2.45. The molecule has 2 fully saturated rings. The van der Waals surface area contributed by atoms with Crippen LogP contribution in [-0.4, -0.2) is 46.2 Å². The number of hydrogen-bond donors (Lipinski definition) is 1. The van der Waals surface area contributed by atoms with Gasteiger partial charge < -0.3 is 14.7 Å². The molecule has 17 heavy (non-hydrogen) atoms. The molecule has 0 radical (unpaired) electrons. The van der Waals surface area contributed by atoms with Gasteiger partial charge in [-0.15, -0.1) is 0 Å². The maximum absolute atomic E-state index is 11.6. The van der Waals surface area contributed by atoms with Crippen molar-refractivity contribution in [3.05, 3.63) is 0 Å². The second kappa shape index (κ2) is 4.64. The summed E-state index contributed by atoms with van der Waals surface area (Å²) in [6.07, 6.45) is 3.14. The van der Waals surface area contributed by atoms with Crippen LogP contribution in [0, 0.1) is 0 Å². The third-order valence-corrected chi connectivity index (χ3v) is 3.47. The third-order valence-electron chi connectivity index (χ3n) is 3.47. The number of hydrogen-bond acceptors (Lipinski definition) is 3. The van der Waals surface area contributed by atoms with Gasteiger partial charge in [-0.05, 0) is 32.6 Å². The van der Waals surface area contributed by atoms with E-state index >= 15 is 0 Å². The van der Waals surface area contributed by atoms with E-state index in [4.69, 9.17) is 4.74 Å². The standard InChI is InChI=1S/C12H19NO4/c1-7-3-6-10(17-7)11(12(15)16)13(8(2)14)9-4-5-9/h7,9-11H,3-6H2,1-2H3,(H,15,16). The van der Waals surface area contributed by atoms with Crippen LogP contribution in [0.5, 0.6) is 0 Å². The number of ether oxygens (including phenoxy) is 1. The smallest absolute Gasteiger partial charge is 0.329 e. The van der Waals surface area contributed by atoms with Crippen LogP contribution in [0.3, 0.4) is 0 Å². The summed E-state index contributed by atoms with van der Waals surface area (Å²) in [5.41, 5.74) is 0. The molecule has 3 unspecified atom stereocenters. The minimum atomic E-state index is -0.953. The lowest BCUT2D eigenvalue weighted by Gasteiger charge is -2.31. The van der Waals surface area contributed by atoms with Crippen molar-refractivity contribution < 1.29 is 19.4 Å². The van der Waals surface area contributed by atoms with Crippen molar-refractivity contribution in [1.29, 1.82) is 0 Å². The van der Waals surface area contributed by atoms with E-state index in [1.807, 2.05) is 6.92 Å². The molecule has 1 saturated heterocycles. The van der Waals surface area contributed by atoms with E-state index in [-0.39, 0.29) is 24.2 Å². The van der Waals surface area contributed by atoms with Crippen LogP contribution in [0.25, 0.3) is 0 Å². The van der Waals surface area contributed by atoms with Crippen molar-refractivity contribution >= 4 is 11.9 Å². The first-order chi connectivity index (χ1) is 8.00. The maximum Gasteiger partial charge on any atom is 0.329 e. The molecule has 96 valence electrons. The Bertz CT molecular complexity index is 326. The second-order valence-electron chi connectivity index (χ2n) is 5.00. The predicted molar refractivity (Wildman–Crippen MR) is 60.5 cm³/mol. The Labute approximate surface area is 101 Å². The average Bonchev–Trinajstić information content (AvgIpc) is 2.97. The Kier molecular flexibility index (Phi) is 3.38. The first-order valence-electron chi connectivity index (χ1n) is 6.18. The van der Waals surface area contributed by atoms with Gasteiger partial charge in [0.15, 0.2) is 6.04 Å². The number of aliphatic carboxylic acids is 1. The lowest BCUT2D eigenvalue weighted by molar-refractivity contribution is -0.156. The highest BCUT2D eigenvalue weighted by molar-refractivity contribution is 5.83. The summed E-state index contributed by atoms with van der Waals surface area (Å²) in [5.74, 6) is -1.12. The van der Waals surface area contributed by atoms with Gasteiger partial charge in [0.05, 0.1) is 12.2 Å². The Hall–Kier alpha value is -1.10. The fourth-order valence-corrected chi connectivity index (χ4v) is 2.56. The molecule has 2 rings (SSSR count). The van der Waals surface area contributed by atoms with Gasteiger partial charge in [-0.2, -0.15) is 0 Å².